The fourth-order valence-electron chi connectivity index (χ4n) is 2.55. The summed E-state index contributed by atoms with van der Waals surface area (Å²) >= 11 is 11.5. The van der Waals surface area contributed by atoms with Crippen molar-refractivity contribution in [1.82, 2.24) is 9.97 Å². The molecule has 3 aromatic rings. The van der Waals surface area contributed by atoms with Gasteiger partial charge in [-0.25, -0.2) is 13.4 Å². The predicted molar refractivity (Wildman–Crippen MR) is 111 cm³/mol. The second kappa shape index (κ2) is 8.33. The fraction of sp³-hybridized carbons (Fsp3) is 0.0556. The van der Waals surface area contributed by atoms with Crippen LogP contribution in [0.2, 0.25) is 10.0 Å². The van der Waals surface area contributed by atoms with Gasteiger partial charge >= 0.3 is 6.18 Å². The van der Waals surface area contributed by atoms with Gasteiger partial charge in [0.15, 0.2) is 0 Å². The summed E-state index contributed by atoms with van der Waals surface area (Å²) in [6.07, 6.45) is -2.31. The van der Waals surface area contributed by atoms with Crippen LogP contribution in [0.15, 0.2) is 53.7 Å². The number of hydrogen-bond acceptors (Lipinski definition) is 6. The monoisotopic (exact) mass is 489 g/mol. The number of halogens is 5. The van der Waals surface area contributed by atoms with Crippen LogP contribution in [0.4, 0.5) is 24.7 Å². The molecular weight excluding hydrogens is 478 g/mol. The van der Waals surface area contributed by atoms with Crippen molar-refractivity contribution in [3.63, 3.8) is 0 Å². The van der Waals surface area contributed by atoms with E-state index in [4.69, 9.17) is 34.3 Å². The molecule has 0 amide bonds. The minimum atomic E-state index is -4.85. The van der Waals surface area contributed by atoms with Crippen LogP contribution >= 0.6 is 23.2 Å². The Hall–Kier alpha value is -2.89. The van der Waals surface area contributed by atoms with Crippen molar-refractivity contribution < 1.29 is 21.6 Å². The molecular formula is C18H12Cl2F3N5O2S. The molecule has 0 bridgehead atoms. The lowest BCUT2D eigenvalue weighted by Crippen LogP contribution is -2.18. The van der Waals surface area contributed by atoms with Crippen LogP contribution in [-0.2, 0) is 16.2 Å². The average Bonchev–Trinajstić information content (AvgIpc) is 2.66. The van der Waals surface area contributed by atoms with Gasteiger partial charge in [-0.15, -0.1) is 0 Å². The van der Waals surface area contributed by atoms with Gasteiger partial charge in [0.1, 0.15) is 11.5 Å². The lowest BCUT2D eigenvalue weighted by molar-refractivity contribution is -0.137. The zero-order chi connectivity index (χ0) is 23.0. The lowest BCUT2D eigenvalue weighted by Gasteiger charge is -2.15. The predicted octanol–water partition coefficient (Wildman–Crippen LogP) is 4.60. The van der Waals surface area contributed by atoms with E-state index in [1.807, 2.05) is 0 Å². The van der Waals surface area contributed by atoms with Crippen LogP contribution < -0.4 is 10.5 Å². The molecule has 0 saturated carbocycles. The van der Waals surface area contributed by atoms with E-state index in [9.17, 15) is 21.6 Å². The Labute approximate surface area is 184 Å². The average molecular weight is 490 g/mol. The number of hydrogen-bond donors (Lipinski definition) is 3. The van der Waals surface area contributed by atoms with Crippen LogP contribution in [0.3, 0.4) is 0 Å². The SMILES string of the molecule is N=C(c1ccnc(N)c1)c1ncc(Cl)cc1NS(=O)(=O)c1ccc(Cl)c(C(F)(F)F)c1. The number of nitrogens with two attached hydrogens (primary N) is 1. The summed E-state index contributed by atoms with van der Waals surface area (Å²) in [7, 11) is -4.52. The summed E-state index contributed by atoms with van der Waals surface area (Å²) in [6, 6.07) is 6.19. The third-order valence-electron chi connectivity index (χ3n) is 3.96. The lowest BCUT2D eigenvalue weighted by atomic mass is 10.1. The molecule has 0 saturated heterocycles. The maximum Gasteiger partial charge on any atom is 0.417 e. The summed E-state index contributed by atoms with van der Waals surface area (Å²) < 4.78 is 67.0. The van der Waals surface area contributed by atoms with Gasteiger partial charge in [-0.2, -0.15) is 13.2 Å². The molecule has 7 nitrogen and oxygen atoms in total. The number of benzene rings is 1. The van der Waals surface area contributed by atoms with Crippen molar-refractivity contribution in [1.29, 1.82) is 5.41 Å². The summed E-state index contributed by atoms with van der Waals surface area (Å²) in [5, 5.41) is 7.74. The van der Waals surface area contributed by atoms with Crippen LogP contribution in [0.25, 0.3) is 0 Å². The third kappa shape index (κ3) is 5.06. The van der Waals surface area contributed by atoms with E-state index in [2.05, 4.69) is 14.7 Å². The Morgan fingerprint density at radius 1 is 1.10 bits per heavy atom. The minimum Gasteiger partial charge on any atom is -0.384 e. The molecule has 13 heteroatoms. The zero-order valence-electron chi connectivity index (χ0n) is 15.2. The molecule has 162 valence electrons. The highest BCUT2D eigenvalue weighted by Gasteiger charge is 2.34. The van der Waals surface area contributed by atoms with E-state index < -0.39 is 31.7 Å². The Morgan fingerprint density at radius 2 is 1.81 bits per heavy atom. The van der Waals surface area contributed by atoms with Gasteiger partial charge in [0.2, 0.25) is 0 Å². The van der Waals surface area contributed by atoms with Gasteiger partial charge in [0.25, 0.3) is 10.0 Å². The van der Waals surface area contributed by atoms with Gasteiger partial charge < -0.3 is 5.73 Å². The number of alkyl halides is 3. The maximum atomic E-state index is 13.1. The fourth-order valence-corrected chi connectivity index (χ4v) is 4.02. The zero-order valence-corrected chi connectivity index (χ0v) is 17.5. The topological polar surface area (TPSA) is 122 Å². The number of aromatic nitrogens is 2. The first-order valence-electron chi connectivity index (χ1n) is 8.24. The van der Waals surface area contributed by atoms with E-state index in [1.54, 1.807) is 0 Å². The number of nitrogen functional groups attached to an aromatic ring is 1. The minimum absolute atomic E-state index is 0.0376. The van der Waals surface area contributed by atoms with E-state index in [-0.39, 0.29) is 33.5 Å². The third-order valence-corrected chi connectivity index (χ3v) is 5.86. The van der Waals surface area contributed by atoms with Crippen LogP contribution in [-0.4, -0.2) is 24.1 Å². The largest absolute Gasteiger partial charge is 0.417 e. The van der Waals surface area contributed by atoms with Crippen molar-refractivity contribution >= 4 is 50.4 Å². The molecule has 4 N–H and O–H groups in total. The molecule has 0 fully saturated rings. The van der Waals surface area contributed by atoms with Crippen molar-refractivity contribution in [2.45, 2.75) is 11.1 Å². The van der Waals surface area contributed by atoms with Crippen molar-refractivity contribution in [3.05, 3.63) is 75.7 Å². The number of anilines is 2. The smallest absolute Gasteiger partial charge is 0.384 e. The molecule has 2 heterocycles. The Balaban J connectivity index is 2.05. The van der Waals surface area contributed by atoms with Crippen molar-refractivity contribution in [2.24, 2.45) is 0 Å². The van der Waals surface area contributed by atoms with Gasteiger partial charge in [0.05, 0.1) is 31.9 Å². The van der Waals surface area contributed by atoms with Crippen LogP contribution in [0.1, 0.15) is 16.8 Å². The first-order valence-corrected chi connectivity index (χ1v) is 10.5. The van der Waals surface area contributed by atoms with Gasteiger partial charge in [-0.1, -0.05) is 23.2 Å². The van der Waals surface area contributed by atoms with Gasteiger partial charge in [-0.05, 0) is 36.4 Å². The first-order chi connectivity index (χ1) is 14.4. The second-order valence-electron chi connectivity index (χ2n) is 6.14. The van der Waals surface area contributed by atoms with Gasteiger partial charge in [-0.3, -0.25) is 15.1 Å². The second-order valence-corrected chi connectivity index (χ2v) is 8.67. The van der Waals surface area contributed by atoms with Crippen molar-refractivity contribution in [3.8, 4) is 0 Å². The van der Waals surface area contributed by atoms with E-state index >= 15 is 0 Å². The maximum absolute atomic E-state index is 13.1. The highest BCUT2D eigenvalue weighted by Crippen LogP contribution is 2.36. The molecule has 0 aliphatic carbocycles. The molecule has 0 aliphatic heterocycles. The number of rotatable bonds is 5. The highest BCUT2D eigenvalue weighted by molar-refractivity contribution is 7.92. The molecule has 0 spiro atoms. The number of pyridine rings is 2. The molecule has 3 rings (SSSR count). The summed E-state index contributed by atoms with van der Waals surface area (Å²) in [5.41, 5.74) is 4.05. The Kier molecular flexibility index (Phi) is 6.12. The first kappa shape index (κ1) is 22.8. The number of nitrogens with zero attached hydrogens (tertiary/aromatic N) is 2. The molecule has 1 aromatic carbocycles. The molecule has 0 radical (unpaired) electrons. The van der Waals surface area contributed by atoms with Crippen molar-refractivity contribution in [2.75, 3.05) is 10.5 Å². The standard InChI is InChI=1S/C18H12Cl2F3N5O2S/c19-10-6-14(17(27-8-10)16(25)9-3-4-26-15(24)5-9)28-31(29,30)11-1-2-13(20)12(7-11)18(21,22)23/h1-8,25,28H,(H2,24,26). The molecule has 2 aromatic heterocycles. The van der Waals surface area contributed by atoms with E-state index in [1.165, 1.54) is 30.6 Å². The Morgan fingerprint density at radius 3 is 2.45 bits per heavy atom. The quantitative estimate of drug-likeness (QED) is 0.452. The van der Waals surface area contributed by atoms with E-state index in [0.29, 0.717) is 6.07 Å². The summed E-state index contributed by atoms with van der Waals surface area (Å²) in [4.78, 5) is 7.11. The molecule has 31 heavy (non-hydrogen) atoms. The Bertz CT molecular complexity index is 1280. The number of sulfonamides is 1. The summed E-state index contributed by atoms with van der Waals surface area (Å²) in [5.74, 6) is 0.124. The van der Waals surface area contributed by atoms with Gasteiger partial charge in [0, 0.05) is 18.0 Å². The molecule has 0 aliphatic rings. The van der Waals surface area contributed by atoms with Crippen LogP contribution in [0, 0.1) is 5.41 Å². The van der Waals surface area contributed by atoms with E-state index in [0.717, 1.165) is 12.1 Å². The number of nitrogens with one attached hydrogen (secondary N) is 2. The van der Waals surface area contributed by atoms with Crippen LogP contribution in [0.5, 0.6) is 0 Å². The normalized spacial score (nSPS) is 11.9. The summed E-state index contributed by atoms with van der Waals surface area (Å²) in [6.45, 7) is 0. The highest BCUT2D eigenvalue weighted by atomic mass is 35.5. The molecule has 0 atom stereocenters. The molecule has 0 unspecified atom stereocenters.